The monoisotopic (exact) mass is 289 g/mol. The van der Waals surface area contributed by atoms with E-state index in [0.29, 0.717) is 30.3 Å². The second-order valence-corrected chi connectivity index (χ2v) is 6.68. The number of carboxylic acids is 1. The van der Waals surface area contributed by atoms with Gasteiger partial charge in [-0.15, -0.1) is 0 Å². The highest BCUT2D eigenvalue weighted by atomic mass is 16.4. The summed E-state index contributed by atoms with van der Waals surface area (Å²) in [7, 11) is 0. The summed E-state index contributed by atoms with van der Waals surface area (Å²) in [6, 6.07) is 3.00. The van der Waals surface area contributed by atoms with Crippen molar-refractivity contribution in [3.63, 3.8) is 0 Å². The van der Waals surface area contributed by atoms with Crippen LogP contribution in [0.1, 0.15) is 57.6 Å². The third-order valence-corrected chi connectivity index (χ3v) is 4.82. The van der Waals surface area contributed by atoms with Crippen LogP contribution in [0.2, 0.25) is 0 Å². The highest BCUT2D eigenvalue weighted by Crippen LogP contribution is 2.42. The molecule has 0 aromatic carbocycles. The minimum absolute atomic E-state index is 0.307. The molecule has 2 aliphatic rings. The lowest BCUT2D eigenvalue weighted by Crippen LogP contribution is -2.44. The average molecular weight is 289 g/mol. The lowest BCUT2D eigenvalue weighted by molar-refractivity contribution is -0.138. The Morgan fingerprint density at radius 1 is 1.33 bits per heavy atom. The van der Waals surface area contributed by atoms with E-state index in [9.17, 15) is 4.79 Å². The van der Waals surface area contributed by atoms with Gasteiger partial charge >= 0.3 is 5.97 Å². The number of rotatable bonds is 4. The highest BCUT2D eigenvalue weighted by molar-refractivity contribution is 5.67. The van der Waals surface area contributed by atoms with Crippen molar-refractivity contribution in [1.29, 1.82) is 0 Å². The first kappa shape index (κ1) is 14.3. The fraction of sp³-hybridized carbons (Fsp3) is 0.688. The Morgan fingerprint density at radius 3 is 2.57 bits per heavy atom. The van der Waals surface area contributed by atoms with E-state index in [1.165, 1.54) is 0 Å². The van der Waals surface area contributed by atoms with Crippen LogP contribution in [0.25, 0.3) is 0 Å². The number of aliphatic carboxylic acids is 1. The lowest BCUT2D eigenvalue weighted by Gasteiger charge is -2.39. The second-order valence-electron chi connectivity index (χ2n) is 6.68. The molecule has 21 heavy (non-hydrogen) atoms. The summed E-state index contributed by atoms with van der Waals surface area (Å²) in [5.74, 6) is 1.07. The summed E-state index contributed by atoms with van der Waals surface area (Å²) in [5, 5.41) is 9.00. The van der Waals surface area contributed by atoms with Gasteiger partial charge in [-0.05, 0) is 37.5 Å². The molecule has 114 valence electrons. The van der Waals surface area contributed by atoms with Gasteiger partial charge in [0.1, 0.15) is 12.1 Å². The lowest BCUT2D eigenvalue weighted by atomic mass is 9.88. The zero-order valence-corrected chi connectivity index (χ0v) is 12.7. The first-order valence-electron chi connectivity index (χ1n) is 7.86. The predicted molar refractivity (Wildman–Crippen MR) is 80.4 cm³/mol. The number of fused-ring (bicyclic) bond motifs is 2. The van der Waals surface area contributed by atoms with Crippen LogP contribution in [0.15, 0.2) is 12.4 Å². The van der Waals surface area contributed by atoms with E-state index in [0.717, 1.165) is 37.2 Å². The molecule has 3 rings (SSSR count). The van der Waals surface area contributed by atoms with E-state index in [2.05, 4.69) is 34.8 Å². The van der Waals surface area contributed by atoms with Gasteiger partial charge in [0.25, 0.3) is 0 Å². The SMILES string of the molecule is CC(C)c1cc(N2C3CCC2CC(CC(=O)O)C3)ncn1. The molecule has 0 saturated carbocycles. The number of hydrogen-bond donors (Lipinski definition) is 1. The summed E-state index contributed by atoms with van der Waals surface area (Å²) in [6.07, 6.45) is 6.23. The van der Waals surface area contributed by atoms with Crippen molar-refractivity contribution in [2.45, 2.75) is 64.0 Å². The average Bonchev–Trinajstić information content (AvgIpc) is 2.70. The molecule has 0 radical (unpaired) electrons. The number of anilines is 1. The maximum atomic E-state index is 10.9. The number of carboxylic acid groups (broad SMARTS) is 1. The Bertz CT molecular complexity index is 518. The Balaban J connectivity index is 1.79. The maximum absolute atomic E-state index is 10.9. The van der Waals surface area contributed by atoms with Crippen LogP contribution in [-0.4, -0.2) is 33.1 Å². The minimum Gasteiger partial charge on any atom is -0.481 e. The zero-order valence-electron chi connectivity index (χ0n) is 12.7. The van der Waals surface area contributed by atoms with Gasteiger partial charge in [0.15, 0.2) is 0 Å². The van der Waals surface area contributed by atoms with Crippen LogP contribution in [0.3, 0.4) is 0 Å². The molecule has 1 N–H and O–H groups in total. The highest BCUT2D eigenvalue weighted by Gasteiger charge is 2.41. The quantitative estimate of drug-likeness (QED) is 0.923. The van der Waals surface area contributed by atoms with Crippen LogP contribution in [-0.2, 0) is 4.79 Å². The largest absolute Gasteiger partial charge is 0.481 e. The molecule has 5 heteroatoms. The molecular formula is C16H23N3O2. The van der Waals surface area contributed by atoms with Gasteiger partial charge in [-0.1, -0.05) is 13.8 Å². The fourth-order valence-corrected chi connectivity index (χ4v) is 3.90. The van der Waals surface area contributed by atoms with Gasteiger partial charge < -0.3 is 10.0 Å². The number of carbonyl (C=O) groups is 1. The van der Waals surface area contributed by atoms with Gasteiger partial charge in [0.05, 0.1) is 0 Å². The van der Waals surface area contributed by atoms with Crippen molar-refractivity contribution in [1.82, 2.24) is 9.97 Å². The molecule has 2 saturated heterocycles. The molecule has 2 aliphatic heterocycles. The molecule has 2 unspecified atom stereocenters. The van der Waals surface area contributed by atoms with Gasteiger partial charge in [0, 0.05) is 30.3 Å². The first-order chi connectivity index (χ1) is 10.0. The first-order valence-corrected chi connectivity index (χ1v) is 7.86. The topological polar surface area (TPSA) is 66.3 Å². The van der Waals surface area contributed by atoms with E-state index < -0.39 is 5.97 Å². The van der Waals surface area contributed by atoms with E-state index >= 15 is 0 Å². The van der Waals surface area contributed by atoms with Gasteiger partial charge in [-0.25, -0.2) is 9.97 Å². The molecule has 1 aromatic heterocycles. The Morgan fingerprint density at radius 2 is 2.00 bits per heavy atom. The molecule has 0 amide bonds. The van der Waals surface area contributed by atoms with Crippen LogP contribution < -0.4 is 4.90 Å². The van der Waals surface area contributed by atoms with Crippen molar-refractivity contribution in [2.75, 3.05) is 4.90 Å². The Hall–Kier alpha value is -1.65. The smallest absolute Gasteiger partial charge is 0.303 e. The molecule has 2 atom stereocenters. The predicted octanol–water partition coefficient (Wildman–Crippen LogP) is 2.82. The summed E-state index contributed by atoms with van der Waals surface area (Å²) < 4.78 is 0. The van der Waals surface area contributed by atoms with Gasteiger partial charge in [-0.2, -0.15) is 0 Å². The second kappa shape index (κ2) is 5.62. The van der Waals surface area contributed by atoms with Crippen LogP contribution in [0, 0.1) is 5.92 Å². The number of hydrogen-bond acceptors (Lipinski definition) is 4. The molecule has 1 aromatic rings. The third-order valence-electron chi connectivity index (χ3n) is 4.82. The fourth-order valence-electron chi connectivity index (χ4n) is 3.90. The maximum Gasteiger partial charge on any atom is 0.303 e. The summed E-state index contributed by atoms with van der Waals surface area (Å²) in [6.45, 7) is 4.28. The number of aromatic nitrogens is 2. The summed E-state index contributed by atoms with van der Waals surface area (Å²) in [5.41, 5.74) is 1.08. The Kier molecular flexibility index (Phi) is 3.83. The van der Waals surface area contributed by atoms with E-state index in [1.807, 2.05) is 0 Å². The molecule has 2 fully saturated rings. The van der Waals surface area contributed by atoms with Crippen molar-refractivity contribution < 1.29 is 9.90 Å². The van der Waals surface area contributed by atoms with E-state index in [1.54, 1.807) is 6.33 Å². The normalized spacial score (nSPS) is 28.1. The van der Waals surface area contributed by atoms with Crippen LogP contribution >= 0.6 is 0 Å². The standard InChI is InChI=1S/C16H23N3O2/c1-10(2)14-8-15(18-9-17-14)19-12-3-4-13(19)6-11(5-12)7-16(20)21/h8-13H,3-7H2,1-2H3,(H,20,21). The molecular weight excluding hydrogens is 266 g/mol. The third kappa shape index (κ3) is 2.87. The van der Waals surface area contributed by atoms with Crippen molar-refractivity contribution >= 4 is 11.8 Å². The van der Waals surface area contributed by atoms with Crippen LogP contribution in [0.4, 0.5) is 5.82 Å². The summed E-state index contributed by atoms with van der Waals surface area (Å²) in [4.78, 5) is 22.2. The number of piperidine rings is 1. The van der Waals surface area contributed by atoms with Gasteiger partial charge in [0.2, 0.25) is 0 Å². The minimum atomic E-state index is -0.669. The molecule has 3 heterocycles. The Labute approximate surface area is 125 Å². The number of nitrogens with zero attached hydrogens (tertiary/aromatic N) is 3. The van der Waals surface area contributed by atoms with E-state index in [4.69, 9.17) is 5.11 Å². The van der Waals surface area contributed by atoms with Crippen molar-refractivity contribution in [3.8, 4) is 0 Å². The van der Waals surface area contributed by atoms with Gasteiger partial charge in [-0.3, -0.25) is 4.79 Å². The van der Waals surface area contributed by atoms with Crippen LogP contribution in [0.5, 0.6) is 0 Å². The van der Waals surface area contributed by atoms with E-state index in [-0.39, 0.29) is 0 Å². The summed E-state index contributed by atoms with van der Waals surface area (Å²) >= 11 is 0. The molecule has 2 bridgehead atoms. The molecule has 5 nitrogen and oxygen atoms in total. The van der Waals surface area contributed by atoms with Crippen molar-refractivity contribution in [3.05, 3.63) is 18.1 Å². The molecule has 0 aliphatic carbocycles. The van der Waals surface area contributed by atoms with Crippen molar-refractivity contribution in [2.24, 2.45) is 5.92 Å². The molecule has 0 spiro atoms. The zero-order chi connectivity index (χ0) is 15.0.